The van der Waals surface area contributed by atoms with E-state index in [2.05, 4.69) is 32.2 Å². The van der Waals surface area contributed by atoms with Gasteiger partial charge in [0.25, 0.3) is 11.8 Å². The summed E-state index contributed by atoms with van der Waals surface area (Å²) in [5, 5.41) is 13.1. The van der Waals surface area contributed by atoms with E-state index in [0.717, 1.165) is 31.2 Å². The Bertz CT molecular complexity index is 1000. The third kappa shape index (κ3) is 4.49. The highest BCUT2D eigenvalue weighted by atomic mass is 32.1. The largest absolute Gasteiger partial charge is 0.483 e. The zero-order valence-electron chi connectivity index (χ0n) is 17.6. The minimum atomic E-state index is -0.617. The molecular weight excluding hydrogens is 398 g/mol. The monoisotopic (exact) mass is 425 g/mol. The fourth-order valence-electron chi connectivity index (χ4n) is 3.85. The highest BCUT2D eigenvalue weighted by molar-refractivity contribution is 7.16. The first-order chi connectivity index (χ1) is 14.3. The van der Waals surface area contributed by atoms with Gasteiger partial charge in [0.05, 0.1) is 11.1 Å². The second kappa shape index (κ2) is 8.88. The van der Waals surface area contributed by atoms with E-state index in [1.54, 1.807) is 24.3 Å². The summed E-state index contributed by atoms with van der Waals surface area (Å²) in [7, 11) is 0. The van der Waals surface area contributed by atoms with Gasteiger partial charge in [-0.05, 0) is 48.3 Å². The predicted octanol–water partition coefficient (Wildman–Crippen LogP) is 4.28. The topological polar surface area (TPSA) is 105 Å². The van der Waals surface area contributed by atoms with Gasteiger partial charge in [0.15, 0.2) is 6.61 Å². The Morgan fingerprint density at radius 1 is 1.37 bits per heavy atom. The van der Waals surface area contributed by atoms with Gasteiger partial charge in [-0.25, -0.2) is 0 Å². The average molecular weight is 426 g/mol. The fraction of sp³-hybridized carbons (Fsp3) is 0.435. The van der Waals surface area contributed by atoms with Crippen LogP contribution in [-0.4, -0.2) is 18.4 Å². The zero-order chi connectivity index (χ0) is 21.9. The smallest absolute Gasteiger partial charge is 0.262 e. The number of rotatable bonds is 7. The molecule has 1 unspecified atom stereocenters. The number of nitrogens with one attached hydrogen (secondary N) is 1. The number of benzene rings is 1. The standard InChI is InChI=1S/C23H27N3O3S/c1-4-23(2,3)14-9-10-15-17(12-24)22(30-19(15)11-14)26-20(27)13-29-18-8-6-5-7-16(18)21(25)28/h5-8,14H,4,9-11,13H2,1-3H3,(H2,25,28)(H,26,27). The van der Waals surface area contributed by atoms with Crippen molar-refractivity contribution in [2.24, 2.45) is 17.1 Å². The molecule has 0 saturated carbocycles. The number of fused-ring (bicyclic) bond motifs is 1. The number of amides is 2. The molecule has 1 aliphatic rings. The van der Waals surface area contributed by atoms with Crippen LogP contribution in [0, 0.1) is 22.7 Å². The molecule has 3 N–H and O–H groups in total. The maximum atomic E-state index is 12.5. The van der Waals surface area contributed by atoms with Gasteiger partial charge in [0, 0.05) is 4.88 Å². The number of carbonyl (C=O) groups excluding carboxylic acids is 2. The van der Waals surface area contributed by atoms with Gasteiger partial charge in [-0.1, -0.05) is 39.3 Å². The lowest BCUT2D eigenvalue weighted by Gasteiger charge is -2.36. The number of hydrogen-bond donors (Lipinski definition) is 2. The molecule has 0 aliphatic heterocycles. The quantitative estimate of drug-likeness (QED) is 0.691. The number of nitrogens with zero attached hydrogens (tertiary/aromatic N) is 1. The SMILES string of the molecule is CCC(C)(C)C1CCc2c(sc(NC(=O)COc3ccccc3C(N)=O)c2C#N)C1. The zero-order valence-corrected chi connectivity index (χ0v) is 18.4. The summed E-state index contributed by atoms with van der Waals surface area (Å²) in [4.78, 5) is 25.1. The maximum Gasteiger partial charge on any atom is 0.262 e. The van der Waals surface area contributed by atoms with Crippen LogP contribution in [0.25, 0.3) is 0 Å². The van der Waals surface area contributed by atoms with Gasteiger partial charge in [0.1, 0.15) is 16.8 Å². The summed E-state index contributed by atoms with van der Waals surface area (Å²) >= 11 is 1.49. The molecule has 0 radical (unpaired) electrons. The van der Waals surface area contributed by atoms with E-state index < -0.39 is 5.91 Å². The molecule has 1 aliphatic carbocycles. The molecule has 1 aromatic carbocycles. The third-order valence-corrected chi connectivity index (χ3v) is 7.33. The lowest BCUT2D eigenvalue weighted by Crippen LogP contribution is -2.28. The fourth-order valence-corrected chi connectivity index (χ4v) is 5.14. The number of para-hydroxylation sites is 1. The van der Waals surface area contributed by atoms with Crippen LogP contribution in [0.15, 0.2) is 24.3 Å². The number of nitriles is 1. The van der Waals surface area contributed by atoms with Crippen LogP contribution in [0.1, 0.15) is 60.0 Å². The van der Waals surface area contributed by atoms with Gasteiger partial charge >= 0.3 is 0 Å². The molecule has 2 amide bonds. The summed E-state index contributed by atoms with van der Waals surface area (Å²) in [6.07, 6.45) is 3.96. The van der Waals surface area contributed by atoms with E-state index >= 15 is 0 Å². The van der Waals surface area contributed by atoms with Crippen LogP contribution in [0.3, 0.4) is 0 Å². The Labute approximate surface area is 181 Å². The van der Waals surface area contributed by atoms with Crippen LogP contribution in [0.4, 0.5) is 5.00 Å². The van der Waals surface area contributed by atoms with Crippen molar-refractivity contribution in [3.05, 3.63) is 45.8 Å². The van der Waals surface area contributed by atoms with E-state index in [-0.39, 0.29) is 29.2 Å². The number of anilines is 1. The molecule has 158 valence electrons. The Morgan fingerprint density at radius 2 is 2.10 bits per heavy atom. The molecule has 6 nitrogen and oxygen atoms in total. The van der Waals surface area contributed by atoms with Crippen molar-refractivity contribution in [2.45, 2.75) is 46.5 Å². The molecular formula is C23H27N3O3S. The van der Waals surface area contributed by atoms with Gasteiger partial charge in [-0.3, -0.25) is 9.59 Å². The van der Waals surface area contributed by atoms with Crippen LogP contribution in [0.2, 0.25) is 0 Å². The molecule has 1 aromatic heterocycles. The van der Waals surface area contributed by atoms with Crippen molar-refractivity contribution in [1.82, 2.24) is 0 Å². The van der Waals surface area contributed by atoms with Crippen molar-refractivity contribution < 1.29 is 14.3 Å². The Hall–Kier alpha value is -2.85. The third-order valence-electron chi connectivity index (χ3n) is 6.16. The Balaban J connectivity index is 1.71. The van der Waals surface area contributed by atoms with Gasteiger partial charge in [-0.15, -0.1) is 11.3 Å². The molecule has 1 atom stereocenters. The number of primary amides is 1. The highest BCUT2D eigenvalue weighted by Gasteiger charge is 2.34. The van der Waals surface area contributed by atoms with Crippen molar-refractivity contribution in [3.8, 4) is 11.8 Å². The predicted molar refractivity (Wildman–Crippen MR) is 118 cm³/mol. The molecule has 0 bridgehead atoms. The number of hydrogen-bond acceptors (Lipinski definition) is 5. The van der Waals surface area contributed by atoms with Gasteiger partial charge in [0.2, 0.25) is 0 Å². The molecule has 7 heteroatoms. The number of ether oxygens (including phenoxy) is 1. The van der Waals surface area contributed by atoms with E-state index in [0.29, 0.717) is 16.5 Å². The van der Waals surface area contributed by atoms with E-state index in [4.69, 9.17) is 10.5 Å². The summed E-state index contributed by atoms with van der Waals surface area (Å²) in [5.41, 5.74) is 7.44. The lowest BCUT2D eigenvalue weighted by molar-refractivity contribution is -0.118. The molecule has 2 aromatic rings. The van der Waals surface area contributed by atoms with Crippen LogP contribution < -0.4 is 15.8 Å². The molecule has 30 heavy (non-hydrogen) atoms. The molecule has 0 saturated heterocycles. The average Bonchev–Trinajstić information content (AvgIpc) is 3.08. The lowest BCUT2D eigenvalue weighted by atomic mass is 9.69. The van der Waals surface area contributed by atoms with E-state index in [1.165, 1.54) is 16.2 Å². The van der Waals surface area contributed by atoms with Crippen molar-refractivity contribution >= 4 is 28.2 Å². The van der Waals surface area contributed by atoms with Gasteiger partial charge in [-0.2, -0.15) is 5.26 Å². The first-order valence-corrected chi connectivity index (χ1v) is 10.9. The van der Waals surface area contributed by atoms with E-state index in [1.807, 2.05) is 0 Å². The molecule has 0 spiro atoms. The number of thiophene rings is 1. The van der Waals surface area contributed by atoms with Crippen LogP contribution in [-0.2, 0) is 17.6 Å². The minimum Gasteiger partial charge on any atom is -0.483 e. The maximum absolute atomic E-state index is 12.5. The van der Waals surface area contributed by atoms with Crippen molar-refractivity contribution in [1.29, 1.82) is 5.26 Å². The second-order valence-electron chi connectivity index (χ2n) is 8.30. The second-order valence-corrected chi connectivity index (χ2v) is 9.40. The normalized spacial score (nSPS) is 15.7. The van der Waals surface area contributed by atoms with Gasteiger partial charge < -0.3 is 15.8 Å². The first-order valence-electron chi connectivity index (χ1n) is 10.1. The first kappa shape index (κ1) is 21.8. The summed E-state index contributed by atoms with van der Waals surface area (Å²) in [5.74, 6) is -0.170. The Kier molecular flexibility index (Phi) is 6.47. The molecule has 3 rings (SSSR count). The van der Waals surface area contributed by atoms with Crippen molar-refractivity contribution in [2.75, 3.05) is 11.9 Å². The summed E-state index contributed by atoms with van der Waals surface area (Å²) in [6, 6.07) is 8.78. The Morgan fingerprint density at radius 3 is 2.77 bits per heavy atom. The number of nitrogens with two attached hydrogens (primary N) is 1. The van der Waals surface area contributed by atoms with Crippen LogP contribution >= 0.6 is 11.3 Å². The number of carbonyl (C=O) groups is 2. The summed E-state index contributed by atoms with van der Waals surface area (Å²) in [6.45, 7) is 6.53. The minimum absolute atomic E-state index is 0.221. The van der Waals surface area contributed by atoms with Crippen molar-refractivity contribution in [3.63, 3.8) is 0 Å². The highest BCUT2D eigenvalue weighted by Crippen LogP contribution is 2.45. The molecule has 0 fully saturated rings. The molecule has 1 heterocycles. The van der Waals surface area contributed by atoms with E-state index in [9.17, 15) is 14.9 Å². The van der Waals surface area contributed by atoms with Crippen LogP contribution in [0.5, 0.6) is 5.75 Å². The summed E-state index contributed by atoms with van der Waals surface area (Å²) < 4.78 is 5.49.